The molecular formula is C24H30FN7O2S. The number of thiophene rings is 1. The number of aryl methyl sites for hydroxylation is 2. The molecule has 11 heteroatoms. The molecule has 0 bridgehead atoms. The van der Waals surface area contributed by atoms with Crippen LogP contribution in [0.25, 0.3) is 10.2 Å². The minimum Gasteiger partial charge on any atom is -0.397 e. The summed E-state index contributed by atoms with van der Waals surface area (Å²) in [5.41, 5.74) is 14.1. The van der Waals surface area contributed by atoms with Gasteiger partial charge in [-0.25, -0.2) is 19.3 Å². The molecule has 3 atom stereocenters. The molecule has 1 saturated heterocycles. The van der Waals surface area contributed by atoms with Crippen molar-refractivity contribution < 1.29 is 13.9 Å². The summed E-state index contributed by atoms with van der Waals surface area (Å²) in [7, 11) is 0. The SMILES string of the molecule is Cc1ncc2c(N)c(C(=O)NC3CCc4nc(N5CC(N)C(OC(C)C)C5)cc(F)c4C3)sc2n1. The summed E-state index contributed by atoms with van der Waals surface area (Å²) in [6.45, 7) is 6.90. The molecule has 5 rings (SSSR count). The summed E-state index contributed by atoms with van der Waals surface area (Å²) < 4.78 is 21.1. The molecule has 4 heterocycles. The third kappa shape index (κ3) is 4.67. The van der Waals surface area contributed by atoms with Crippen LogP contribution in [0.3, 0.4) is 0 Å². The quantitative estimate of drug-likeness (QED) is 0.487. The van der Waals surface area contributed by atoms with Crippen LogP contribution < -0.4 is 21.7 Å². The van der Waals surface area contributed by atoms with Gasteiger partial charge >= 0.3 is 0 Å². The lowest BCUT2D eigenvalue weighted by atomic mass is 9.91. The van der Waals surface area contributed by atoms with Crippen LogP contribution in [-0.2, 0) is 17.6 Å². The van der Waals surface area contributed by atoms with Crippen LogP contribution in [0.5, 0.6) is 0 Å². The molecule has 3 aromatic rings. The molecule has 1 fully saturated rings. The number of nitrogens with two attached hydrogens (primary N) is 2. The van der Waals surface area contributed by atoms with E-state index in [-0.39, 0.29) is 36.0 Å². The van der Waals surface area contributed by atoms with Crippen LogP contribution in [0.2, 0.25) is 0 Å². The van der Waals surface area contributed by atoms with E-state index in [4.69, 9.17) is 21.2 Å². The predicted octanol–water partition coefficient (Wildman–Crippen LogP) is 2.34. The van der Waals surface area contributed by atoms with Crippen LogP contribution in [0.15, 0.2) is 12.3 Å². The van der Waals surface area contributed by atoms with E-state index < -0.39 is 0 Å². The zero-order chi connectivity index (χ0) is 24.9. The lowest BCUT2D eigenvalue weighted by Gasteiger charge is -2.27. The lowest BCUT2D eigenvalue weighted by molar-refractivity contribution is 0.0127. The van der Waals surface area contributed by atoms with E-state index in [1.807, 2.05) is 18.7 Å². The van der Waals surface area contributed by atoms with Crippen molar-refractivity contribution >= 4 is 39.0 Å². The Morgan fingerprint density at radius 1 is 1.34 bits per heavy atom. The van der Waals surface area contributed by atoms with E-state index in [0.29, 0.717) is 70.3 Å². The molecule has 3 unspecified atom stereocenters. The lowest BCUT2D eigenvalue weighted by Crippen LogP contribution is -2.39. The fourth-order valence-electron chi connectivity index (χ4n) is 4.83. The molecule has 35 heavy (non-hydrogen) atoms. The standard InChI is InChI=1S/C24H30FN7O2S/c1-11(2)34-19-10-32(9-17(19)26)20-7-16(25)14-6-13(4-5-18(14)31-20)30-23(33)22-21(27)15-8-28-12(3)29-24(15)35-22/h7-8,11,13,17,19H,4-6,9-10,26-27H2,1-3H3,(H,30,33). The summed E-state index contributed by atoms with van der Waals surface area (Å²) in [4.78, 5) is 29.3. The minimum absolute atomic E-state index is 0.0753. The molecule has 1 aliphatic carbocycles. The van der Waals surface area contributed by atoms with E-state index in [0.717, 1.165) is 5.69 Å². The number of aromatic nitrogens is 3. The second-order valence-electron chi connectivity index (χ2n) is 9.57. The number of ether oxygens (including phenoxy) is 1. The summed E-state index contributed by atoms with van der Waals surface area (Å²) >= 11 is 1.24. The molecule has 5 N–H and O–H groups in total. The van der Waals surface area contributed by atoms with Crippen molar-refractivity contribution in [1.82, 2.24) is 20.3 Å². The highest BCUT2D eigenvalue weighted by molar-refractivity contribution is 7.21. The summed E-state index contributed by atoms with van der Waals surface area (Å²) in [5, 5.41) is 3.70. The van der Waals surface area contributed by atoms with Crippen LogP contribution in [-0.4, -0.2) is 58.2 Å². The van der Waals surface area contributed by atoms with Gasteiger partial charge in [-0.15, -0.1) is 11.3 Å². The Bertz CT molecular complexity index is 1280. The first-order valence-electron chi connectivity index (χ1n) is 11.9. The molecule has 9 nitrogen and oxygen atoms in total. The number of halogens is 1. The van der Waals surface area contributed by atoms with Gasteiger partial charge in [0.1, 0.15) is 27.2 Å². The highest BCUT2D eigenvalue weighted by Crippen LogP contribution is 2.33. The predicted molar refractivity (Wildman–Crippen MR) is 134 cm³/mol. The number of hydrogen-bond donors (Lipinski definition) is 3. The molecule has 0 aromatic carbocycles. The number of nitrogen functional groups attached to an aromatic ring is 1. The van der Waals surface area contributed by atoms with Crippen molar-refractivity contribution in [2.75, 3.05) is 23.7 Å². The Labute approximate surface area is 207 Å². The highest BCUT2D eigenvalue weighted by atomic mass is 32.1. The largest absolute Gasteiger partial charge is 0.397 e. The first-order chi connectivity index (χ1) is 16.7. The third-order valence-electron chi connectivity index (χ3n) is 6.55. The van der Waals surface area contributed by atoms with Crippen molar-refractivity contribution in [1.29, 1.82) is 0 Å². The van der Waals surface area contributed by atoms with E-state index in [9.17, 15) is 4.79 Å². The van der Waals surface area contributed by atoms with Crippen molar-refractivity contribution in [3.63, 3.8) is 0 Å². The molecule has 1 amide bonds. The zero-order valence-corrected chi connectivity index (χ0v) is 20.9. The number of carbonyl (C=O) groups excluding carboxylic acids is 1. The number of pyridine rings is 1. The second kappa shape index (κ2) is 9.29. The maximum Gasteiger partial charge on any atom is 0.263 e. The number of rotatable bonds is 5. The van der Waals surface area contributed by atoms with Gasteiger partial charge in [-0.1, -0.05) is 0 Å². The maximum atomic E-state index is 15.2. The Morgan fingerprint density at radius 3 is 2.91 bits per heavy atom. The van der Waals surface area contributed by atoms with E-state index >= 15 is 4.39 Å². The second-order valence-corrected chi connectivity index (χ2v) is 10.6. The van der Waals surface area contributed by atoms with E-state index in [1.54, 1.807) is 13.1 Å². The van der Waals surface area contributed by atoms with Gasteiger partial charge in [0.2, 0.25) is 0 Å². The van der Waals surface area contributed by atoms with Gasteiger partial charge < -0.3 is 26.4 Å². The van der Waals surface area contributed by atoms with E-state index in [1.165, 1.54) is 17.4 Å². The molecular weight excluding hydrogens is 469 g/mol. The van der Waals surface area contributed by atoms with Gasteiger partial charge in [-0.3, -0.25) is 4.79 Å². The average Bonchev–Trinajstić information content (AvgIpc) is 3.33. The molecule has 2 aliphatic rings. The number of nitrogens with zero attached hydrogens (tertiary/aromatic N) is 4. The Balaban J connectivity index is 1.29. The molecule has 0 radical (unpaired) electrons. The minimum atomic E-state index is -0.308. The number of amides is 1. The van der Waals surface area contributed by atoms with Crippen molar-refractivity contribution in [2.24, 2.45) is 5.73 Å². The van der Waals surface area contributed by atoms with Gasteiger partial charge in [0, 0.05) is 42.7 Å². The zero-order valence-electron chi connectivity index (χ0n) is 20.0. The molecule has 186 valence electrons. The van der Waals surface area contributed by atoms with Gasteiger partial charge in [0.25, 0.3) is 5.91 Å². The van der Waals surface area contributed by atoms with Gasteiger partial charge in [0.05, 0.1) is 29.3 Å². The van der Waals surface area contributed by atoms with Gasteiger partial charge in [0.15, 0.2) is 0 Å². The molecule has 3 aromatic heterocycles. The van der Waals surface area contributed by atoms with Crippen molar-refractivity contribution in [3.8, 4) is 0 Å². The van der Waals surface area contributed by atoms with Gasteiger partial charge in [-0.05, 0) is 40.0 Å². The fraction of sp³-hybridized carbons (Fsp3) is 0.500. The Hall–Kier alpha value is -2.89. The summed E-state index contributed by atoms with van der Waals surface area (Å²) in [6, 6.07) is 1.12. The number of fused-ring (bicyclic) bond motifs is 2. The van der Waals surface area contributed by atoms with Crippen LogP contribution in [0.1, 0.15) is 47.0 Å². The van der Waals surface area contributed by atoms with Crippen LogP contribution in [0.4, 0.5) is 15.9 Å². The topological polar surface area (TPSA) is 132 Å². The molecule has 0 spiro atoms. The number of anilines is 2. The van der Waals surface area contributed by atoms with Crippen LogP contribution in [0, 0.1) is 12.7 Å². The Kier molecular flexibility index (Phi) is 6.32. The smallest absolute Gasteiger partial charge is 0.263 e. The monoisotopic (exact) mass is 499 g/mol. The summed E-state index contributed by atoms with van der Waals surface area (Å²) in [5.74, 6) is 0.626. The van der Waals surface area contributed by atoms with Crippen molar-refractivity contribution in [2.45, 2.75) is 64.3 Å². The van der Waals surface area contributed by atoms with E-state index in [2.05, 4.69) is 15.3 Å². The van der Waals surface area contributed by atoms with Crippen molar-refractivity contribution in [3.05, 3.63) is 40.0 Å². The van der Waals surface area contributed by atoms with Gasteiger partial charge in [-0.2, -0.15) is 0 Å². The molecule has 0 saturated carbocycles. The number of hydrogen-bond acceptors (Lipinski definition) is 9. The fourth-order valence-corrected chi connectivity index (χ4v) is 5.84. The average molecular weight is 500 g/mol. The number of nitrogens with one attached hydrogen (secondary N) is 1. The number of carbonyl (C=O) groups is 1. The highest BCUT2D eigenvalue weighted by Gasteiger charge is 2.34. The normalized spacial score (nSPS) is 22.1. The maximum absolute atomic E-state index is 15.2. The summed E-state index contributed by atoms with van der Waals surface area (Å²) in [6.07, 6.45) is 3.22. The first kappa shape index (κ1) is 23.8. The first-order valence-corrected chi connectivity index (χ1v) is 12.7. The third-order valence-corrected chi connectivity index (χ3v) is 7.67. The Morgan fingerprint density at radius 2 is 2.14 bits per heavy atom. The molecule has 1 aliphatic heterocycles. The van der Waals surface area contributed by atoms with Crippen LogP contribution >= 0.6 is 11.3 Å².